The number of nitrogens with one attached hydrogen (secondary N) is 1. The van der Waals surface area contributed by atoms with E-state index in [1.54, 1.807) is 0 Å². The van der Waals surface area contributed by atoms with Crippen LogP contribution in [0, 0.1) is 0 Å². The number of nitrogens with zero attached hydrogens (tertiary/aromatic N) is 1. The largest absolute Gasteiger partial charge is 0.465 e. The van der Waals surface area contributed by atoms with Crippen molar-refractivity contribution in [2.45, 2.75) is 4.90 Å². The maximum atomic E-state index is 12.3. The van der Waals surface area contributed by atoms with E-state index in [1.165, 1.54) is 31.5 Å². The number of hydrogen-bond donors (Lipinski definition) is 2. The van der Waals surface area contributed by atoms with Gasteiger partial charge < -0.3 is 10.5 Å². The van der Waals surface area contributed by atoms with Gasteiger partial charge in [0.1, 0.15) is 15.6 Å². The number of nitrogens with two attached hydrogens (primary N) is 1. The summed E-state index contributed by atoms with van der Waals surface area (Å²) in [5.74, 6) is -0.320. The van der Waals surface area contributed by atoms with Crippen LogP contribution >= 0.6 is 27.3 Å². The maximum Gasteiger partial charge on any atom is 0.348 e. The second-order valence-corrected chi connectivity index (χ2v) is 7.84. The van der Waals surface area contributed by atoms with Gasteiger partial charge in [-0.3, -0.25) is 4.72 Å². The maximum absolute atomic E-state index is 12.3. The van der Waals surface area contributed by atoms with Gasteiger partial charge in [-0.2, -0.15) is 0 Å². The third-order valence-electron chi connectivity index (χ3n) is 2.37. The van der Waals surface area contributed by atoms with E-state index >= 15 is 0 Å². The summed E-state index contributed by atoms with van der Waals surface area (Å²) in [6.07, 6.45) is 1.30. The minimum absolute atomic E-state index is 0.0512. The molecule has 2 aromatic rings. The molecule has 10 heteroatoms. The third-order valence-corrected chi connectivity index (χ3v) is 5.98. The van der Waals surface area contributed by atoms with Crippen LogP contribution in [0.1, 0.15) is 9.67 Å². The van der Waals surface area contributed by atoms with Crippen molar-refractivity contribution < 1.29 is 17.9 Å². The molecule has 2 aromatic heterocycles. The predicted octanol–water partition coefficient (Wildman–Crippen LogP) is 2.08. The number of methoxy groups -OCH3 is 1. The highest BCUT2D eigenvalue weighted by Crippen LogP contribution is 2.33. The summed E-state index contributed by atoms with van der Waals surface area (Å²) in [6, 6.07) is 4.20. The molecule has 0 bridgehead atoms. The Morgan fingerprint density at radius 2 is 2.19 bits per heavy atom. The SMILES string of the molecule is COC(=O)c1cc(S(=O)(=O)Nc2ccc(N)nc2)c(Br)s1. The molecule has 0 fully saturated rings. The van der Waals surface area contributed by atoms with Gasteiger partial charge in [0, 0.05) is 0 Å². The molecule has 0 aliphatic heterocycles. The lowest BCUT2D eigenvalue weighted by Crippen LogP contribution is -2.13. The molecule has 2 heterocycles. The Bertz CT molecular complexity index is 771. The van der Waals surface area contributed by atoms with Crippen LogP contribution in [0.2, 0.25) is 0 Å². The van der Waals surface area contributed by atoms with Crippen molar-refractivity contribution in [1.29, 1.82) is 0 Å². The molecular formula is C11H10BrN3O4S2. The first-order valence-corrected chi connectivity index (χ1v) is 8.55. The highest BCUT2D eigenvalue weighted by molar-refractivity contribution is 9.11. The van der Waals surface area contributed by atoms with Gasteiger partial charge >= 0.3 is 5.97 Å². The van der Waals surface area contributed by atoms with Crippen molar-refractivity contribution in [3.8, 4) is 0 Å². The lowest BCUT2D eigenvalue weighted by atomic mass is 10.4. The van der Waals surface area contributed by atoms with Crippen LogP contribution in [0.3, 0.4) is 0 Å². The van der Waals surface area contributed by atoms with Crippen molar-refractivity contribution in [1.82, 2.24) is 4.98 Å². The number of halogens is 1. The summed E-state index contributed by atoms with van der Waals surface area (Å²) in [7, 11) is -2.63. The van der Waals surface area contributed by atoms with Crippen molar-refractivity contribution in [2.75, 3.05) is 17.6 Å². The zero-order valence-corrected chi connectivity index (χ0v) is 13.9. The Hall–Kier alpha value is -1.65. The first-order chi connectivity index (χ1) is 9.83. The molecule has 0 saturated heterocycles. The lowest BCUT2D eigenvalue weighted by molar-refractivity contribution is 0.0606. The quantitative estimate of drug-likeness (QED) is 0.771. The molecule has 7 nitrogen and oxygen atoms in total. The van der Waals surface area contributed by atoms with Gasteiger partial charge in [-0.25, -0.2) is 18.2 Å². The average molecular weight is 392 g/mol. The van der Waals surface area contributed by atoms with E-state index in [0.717, 1.165) is 11.3 Å². The zero-order valence-electron chi connectivity index (χ0n) is 10.7. The Balaban J connectivity index is 2.33. The Morgan fingerprint density at radius 1 is 1.48 bits per heavy atom. The van der Waals surface area contributed by atoms with Crippen molar-refractivity contribution in [2.24, 2.45) is 0 Å². The van der Waals surface area contributed by atoms with E-state index < -0.39 is 16.0 Å². The summed E-state index contributed by atoms with van der Waals surface area (Å²) in [5.41, 5.74) is 5.70. The van der Waals surface area contributed by atoms with Gasteiger partial charge in [0.25, 0.3) is 10.0 Å². The van der Waals surface area contributed by atoms with Gasteiger partial charge in [0.2, 0.25) is 0 Å². The normalized spacial score (nSPS) is 11.1. The minimum atomic E-state index is -3.85. The average Bonchev–Trinajstić information content (AvgIpc) is 2.83. The number of nitrogen functional groups attached to an aromatic ring is 1. The molecular weight excluding hydrogens is 382 g/mol. The molecule has 0 aromatic carbocycles. The number of thiophene rings is 1. The molecule has 21 heavy (non-hydrogen) atoms. The molecule has 0 aliphatic carbocycles. The van der Waals surface area contributed by atoms with Gasteiger partial charge in [-0.15, -0.1) is 11.3 Å². The van der Waals surface area contributed by atoms with E-state index in [9.17, 15) is 13.2 Å². The monoisotopic (exact) mass is 391 g/mol. The molecule has 0 unspecified atom stereocenters. The topological polar surface area (TPSA) is 111 Å². The van der Waals surface area contributed by atoms with Gasteiger partial charge in [-0.05, 0) is 34.1 Å². The van der Waals surface area contributed by atoms with Crippen LogP contribution < -0.4 is 10.5 Å². The third kappa shape index (κ3) is 3.52. The lowest BCUT2D eigenvalue weighted by Gasteiger charge is -2.06. The van der Waals surface area contributed by atoms with Gasteiger partial charge in [0.15, 0.2) is 0 Å². The van der Waals surface area contributed by atoms with Crippen molar-refractivity contribution in [3.63, 3.8) is 0 Å². The fourth-order valence-electron chi connectivity index (χ4n) is 1.41. The van der Waals surface area contributed by atoms with Crippen LogP contribution in [-0.4, -0.2) is 26.5 Å². The summed E-state index contributed by atoms with van der Waals surface area (Å²) < 4.78 is 31.8. The number of esters is 1. The molecule has 0 aliphatic rings. The number of rotatable bonds is 4. The van der Waals surface area contributed by atoms with E-state index in [1.807, 2.05) is 0 Å². The Morgan fingerprint density at radius 3 is 2.76 bits per heavy atom. The van der Waals surface area contributed by atoms with Gasteiger partial charge in [0.05, 0.1) is 22.8 Å². The number of anilines is 2. The van der Waals surface area contributed by atoms with Crippen LogP contribution in [0.5, 0.6) is 0 Å². The molecule has 0 saturated carbocycles. The van der Waals surface area contributed by atoms with E-state index in [2.05, 4.69) is 30.4 Å². The first-order valence-electron chi connectivity index (χ1n) is 5.45. The van der Waals surface area contributed by atoms with E-state index in [0.29, 0.717) is 3.79 Å². The second kappa shape index (κ2) is 6.00. The molecule has 3 N–H and O–H groups in total. The molecule has 0 radical (unpaired) electrons. The summed E-state index contributed by atoms with van der Waals surface area (Å²) >= 11 is 4.11. The predicted molar refractivity (Wildman–Crippen MR) is 82.8 cm³/mol. The Labute approximate surface area is 133 Å². The zero-order chi connectivity index (χ0) is 15.6. The van der Waals surface area contributed by atoms with E-state index in [4.69, 9.17) is 5.73 Å². The highest BCUT2D eigenvalue weighted by atomic mass is 79.9. The summed E-state index contributed by atoms with van der Waals surface area (Å²) in [5, 5.41) is 0. The molecule has 2 rings (SSSR count). The number of pyridine rings is 1. The number of aromatic nitrogens is 1. The standard InChI is InChI=1S/C11H10BrN3O4S2/c1-19-11(16)7-4-8(10(12)20-7)21(17,18)15-6-2-3-9(13)14-5-6/h2-5,15H,1H3,(H2,13,14). The molecule has 0 spiro atoms. The second-order valence-electron chi connectivity index (χ2n) is 3.82. The van der Waals surface area contributed by atoms with Crippen molar-refractivity contribution in [3.05, 3.63) is 33.1 Å². The highest BCUT2D eigenvalue weighted by Gasteiger charge is 2.23. The van der Waals surface area contributed by atoms with Crippen LogP contribution in [0.25, 0.3) is 0 Å². The van der Waals surface area contributed by atoms with Crippen LogP contribution in [-0.2, 0) is 14.8 Å². The number of sulfonamides is 1. The number of carbonyl (C=O) groups excluding carboxylic acids is 1. The first kappa shape index (κ1) is 15.7. The van der Waals surface area contributed by atoms with Crippen LogP contribution in [0.4, 0.5) is 11.5 Å². The van der Waals surface area contributed by atoms with E-state index in [-0.39, 0.29) is 21.3 Å². The van der Waals surface area contributed by atoms with Crippen molar-refractivity contribution >= 4 is 54.8 Å². The number of ether oxygens (including phenoxy) is 1. The smallest absolute Gasteiger partial charge is 0.348 e. The Kier molecular flexibility index (Phi) is 4.49. The molecule has 112 valence electrons. The number of hydrogen-bond acceptors (Lipinski definition) is 7. The summed E-state index contributed by atoms with van der Waals surface area (Å²) in [4.78, 5) is 15.4. The van der Waals surface area contributed by atoms with Gasteiger partial charge in [-0.1, -0.05) is 0 Å². The number of carbonyl (C=O) groups is 1. The minimum Gasteiger partial charge on any atom is -0.465 e. The van der Waals surface area contributed by atoms with Crippen LogP contribution in [0.15, 0.2) is 33.1 Å². The molecule has 0 amide bonds. The molecule has 0 atom stereocenters. The summed E-state index contributed by atoms with van der Waals surface area (Å²) in [6.45, 7) is 0. The fraction of sp³-hybridized carbons (Fsp3) is 0.0909. The fourth-order valence-corrected chi connectivity index (χ4v) is 4.94.